The van der Waals surface area contributed by atoms with Crippen LogP contribution in [0.1, 0.15) is 5.56 Å². The standard InChI is InChI=1S/C8H9ClFNO/c9-7-1-2-8(10)6(5-7)3-4-12-11/h1-2,5H,3-4,11H2. The van der Waals surface area contributed by atoms with Crippen molar-refractivity contribution in [3.05, 3.63) is 34.6 Å². The number of halogens is 2. The van der Waals surface area contributed by atoms with Crippen molar-refractivity contribution >= 4 is 11.6 Å². The van der Waals surface area contributed by atoms with E-state index in [-0.39, 0.29) is 12.4 Å². The van der Waals surface area contributed by atoms with Crippen LogP contribution in [0.2, 0.25) is 5.02 Å². The Morgan fingerprint density at radius 2 is 2.25 bits per heavy atom. The topological polar surface area (TPSA) is 35.2 Å². The summed E-state index contributed by atoms with van der Waals surface area (Å²) in [7, 11) is 0. The summed E-state index contributed by atoms with van der Waals surface area (Å²) < 4.78 is 12.9. The summed E-state index contributed by atoms with van der Waals surface area (Å²) in [5.74, 6) is 4.53. The second-order valence-corrected chi connectivity index (χ2v) is 2.79. The van der Waals surface area contributed by atoms with Gasteiger partial charge in [-0.3, -0.25) is 0 Å². The number of hydrogen-bond acceptors (Lipinski definition) is 2. The zero-order chi connectivity index (χ0) is 8.97. The summed E-state index contributed by atoms with van der Waals surface area (Å²) >= 11 is 5.66. The van der Waals surface area contributed by atoms with Crippen LogP contribution in [-0.2, 0) is 11.3 Å². The van der Waals surface area contributed by atoms with Gasteiger partial charge in [-0.25, -0.2) is 10.3 Å². The lowest BCUT2D eigenvalue weighted by molar-refractivity contribution is 0.140. The summed E-state index contributed by atoms with van der Waals surface area (Å²) in [6, 6.07) is 4.40. The molecule has 0 radical (unpaired) electrons. The molecule has 0 fully saturated rings. The van der Waals surface area contributed by atoms with Crippen molar-refractivity contribution in [2.75, 3.05) is 6.61 Å². The van der Waals surface area contributed by atoms with Crippen LogP contribution in [0, 0.1) is 5.82 Å². The lowest BCUT2D eigenvalue weighted by Gasteiger charge is -2.01. The molecule has 0 amide bonds. The second kappa shape index (κ2) is 4.40. The number of rotatable bonds is 3. The highest BCUT2D eigenvalue weighted by Crippen LogP contribution is 2.14. The highest BCUT2D eigenvalue weighted by Gasteiger charge is 2.01. The SMILES string of the molecule is NOCCc1cc(Cl)ccc1F. The van der Waals surface area contributed by atoms with E-state index < -0.39 is 0 Å². The van der Waals surface area contributed by atoms with Crippen molar-refractivity contribution in [2.24, 2.45) is 5.90 Å². The van der Waals surface area contributed by atoms with Gasteiger partial charge in [0.25, 0.3) is 0 Å². The summed E-state index contributed by atoms with van der Waals surface area (Å²) in [4.78, 5) is 4.33. The second-order valence-electron chi connectivity index (χ2n) is 2.36. The molecule has 1 aromatic rings. The van der Waals surface area contributed by atoms with Crippen LogP contribution >= 0.6 is 11.6 Å². The zero-order valence-corrected chi connectivity index (χ0v) is 7.14. The van der Waals surface area contributed by atoms with Crippen LogP contribution in [0.4, 0.5) is 4.39 Å². The monoisotopic (exact) mass is 189 g/mol. The molecule has 0 atom stereocenters. The van der Waals surface area contributed by atoms with Crippen molar-refractivity contribution < 1.29 is 9.23 Å². The molecule has 2 nitrogen and oxygen atoms in total. The molecule has 1 aromatic carbocycles. The Morgan fingerprint density at radius 1 is 1.50 bits per heavy atom. The third-order valence-corrected chi connectivity index (χ3v) is 1.73. The molecule has 1 rings (SSSR count). The first-order chi connectivity index (χ1) is 5.74. The minimum absolute atomic E-state index is 0.281. The Balaban J connectivity index is 2.75. The van der Waals surface area contributed by atoms with Gasteiger partial charge in [0.1, 0.15) is 5.82 Å². The molecular weight excluding hydrogens is 181 g/mol. The first-order valence-electron chi connectivity index (χ1n) is 3.49. The maximum Gasteiger partial charge on any atom is 0.126 e. The molecule has 0 aromatic heterocycles. The van der Waals surface area contributed by atoms with E-state index in [1.54, 1.807) is 6.07 Å². The Morgan fingerprint density at radius 3 is 2.92 bits per heavy atom. The lowest BCUT2D eigenvalue weighted by atomic mass is 10.1. The average molecular weight is 190 g/mol. The van der Waals surface area contributed by atoms with Crippen molar-refractivity contribution in [1.29, 1.82) is 0 Å². The van der Waals surface area contributed by atoms with Gasteiger partial charge in [0, 0.05) is 11.4 Å². The van der Waals surface area contributed by atoms with Crippen LogP contribution in [0.3, 0.4) is 0 Å². The smallest absolute Gasteiger partial charge is 0.126 e. The molecule has 4 heteroatoms. The van der Waals surface area contributed by atoms with Crippen molar-refractivity contribution in [1.82, 2.24) is 0 Å². The zero-order valence-electron chi connectivity index (χ0n) is 6.39. The maximum atomic E-state index is 12.9. The van der Waals surface area contributed by atoms with Gasteiger partial charge in [-0.1, -0.05) is 11.6 Å². The van der Waals surface area contributed by atoms with E-state index in [9.17, 15) is 4.39 Å². The van der Waals surface area contributed by atoms with E-state index in [4.69, 9.17) is 17.5 Å². The van der Waals surface area contributed by atoms with E-state index in [1.165, 1.54) is 12.1 Å². The van der Waals surface area contributed by atoms with Gasteiger partial charge < -0.3 is 4.84 Å². The molecule has 66 valence electrons. The van der Waals surface area contributed by atoms with Crippen LogP contribution in [0.25, 0.3) is 0 Å². The maximum absolute atomic E-state index is 12.9. The van der Waals surface area contributed by atoms with Crippen molar-refractivity contribution in [3.63, 3.8) is 0 Å². The first-order valence-corrected chi connectivity index (χ1v) is 3.87. The van der Waals surface area contributed by atoms with Crippen LogP contribution in [-0.4, -0.2) is 6.61 Å². The molecule has 0 aliphatic carbocycles. The Hall–Kier alpha value is -0.640. The molecule has 0 bridgehead atoms. The largest absolute Gasteiger partial charge is 0.304 e. The van der Waals surface area contributed by atoms with Gasteiger partial charge in [0.15, 0.2) is 0 Å². The molecule has 0 spiro atoms. The number of nitrogens with two attached hydrogens (primary N) is 1. The highest BCUT2D eigenvalue weighted by molar-refractivity contribution is 6.30. The predicted molar refractivity (Wildman–Crippen MR) is 45.3 cm³/mol. The minimum Gasteiger partial charge on any atom is -0.304 e. The Kier molecular flexibility index (Phi) is 3.47. The number of benzene rings is 1. The summed E-state index contributed by atoms with van der Waals surface area (Å²) in [6.07, 6.45) is 0.433. The van der Waals surface area contributed by atoms with E-state index >= 15 is 0 Å². The molecular formula is C8H9ClFNO. The summed E-state index contributed by atoms with van der Waals surface area (Å²) in [6.45, 7) is 0.289. The Labute approximate surface area is 75.0 Å². The molecule has 0 saturated heterocycles. The third kappa shape index (κ3) is 2.44. The van der Waals surface area contributed by atoms with Crippen LogP contribution in [0.15, 0.2) is 18.2 Å². The molecule has 0 aliphatic rings. The highest BCUT2D eigenvalue weighted by atomic mass is 35.5. The number of hydrogen-bond donors (Lipinski definition) is 1. The van der Waals surface area contributed by atoms with E-state index in [1.807, 2.05) is 0 Å². The van der Waals surface area contributed by atoms with Crippen LogP contribution < -0.4 is 5.90 Å². The van der Waals surface area contributed by atoms with Gasteiger partial charge in [-0.05, 0) is 23.8 Å². The third-order valence-electron chi connectivity index (χ3n) is 1.50. The predicted octanol–water partition coefficient (Wildman–Crippen LogP) is 1.91. The normalized spacial score (nSPS) is 10.2. The van der Waals surface area contributed by atoms with Gasteiger partial charge >= 0.3 is 0 Å². The van der Waals surface area contributed by atoms with Gasteiger partial charge in [0.2, 0.25) is 0 Å². The lowest BCUT2D eigenvalue weighted by Crippen LogP contribution is -2.04. The average Bonchev–Trinajstić information content (AvgIpc) is 2.07. The molecule has 0 aliphatic heterocycles. The van der Waals surface area contributed by atoms with Crippen molar-refractivity contribution in [2.45, 2.75) is 6.42 Å². The quantitative estimate of drug-likeness (QED) is 0.738. The van der Waals surface area contributed by atoms with Gasteiger partial charge in [-0.15, -0.1) is 0 Å². The molecule has 12 heavy (non-hydrogen) atoms. The summed E-state index contributed by atoms with van der Waals surface area (Å²) in [5, 5.41) is 0.517. The van der Waals surface area contributed by atoms with Crippen LogP contribution in [0.5, 0.6) is 0 Å². The molecule has 0 saturated carbocycles. The van der Waals surface area contributed by atoms with Gasteiger partial charge in [-0.2, -0.15) is 0 Å². The minimum atomic E-state index is -0.281. The van der Waals surface area contributed by atoms with E-state index in [0.717, 1.165) is 0 Å². The van der Waals surface area contributed by atoms with Gasteiger partial charge in [0.05, 0.1) is 6.61 Å². The fraction of sp³-hybridized carbons (Fsp3) is 0.250. The van der Waals surface area contributed by atoms with E-state index in [0.29, 0.717) is 17.0 Å². The fourth-order valence-corrected chi connectivity index (χ4v) is 1.10. The molecule has 0 unspecified atom stereocenters. The summed E-state index contributed by atoms with van der Waals surface area (Å²) in [5.41, 5.74) is 0.521. The van der Waals surface area contributed by atoms with E-state index in [2.05, 4.69) is 4.84 Å². The van der Waals surface area contributed by atoms with Crippen molar-refractivity contribution in [3.8, 4) is 0 Å². The Bertz CT molecular complexity index is 267. The fourth-order valence-electron chi connectivity index (χ4n) is 0.904. The molecule has 2 N–H and O–H groups in total. The molecule has 0 heterocycles. The first kappa shape index (κ1) is 9.45.